The van der Waals surface area contributed by atoms with Crippen molar-refractivity contribution in [1.82, 2.24) is 14.5 Å². The Bertz CT molecular complexity index is 1150. The van der Waals surface area contributed by atoms with Gasteiger partial charge in [-0.3, -0.25) is 0 Å². The molecule has 1 fully saturated rings. The average Bonchev–Trinajstić information content (AvgIpc) is 2.79. The van der Waals surface area contributed by atoms with Gasteiger partial charge in [0, 0.05) is 23.9 Å². The van der Waals surface area contributed by atoms with Crippen LogP contribution in [0.25, 0.3) is 10.8 Å². The minimum atomic E-state index is -3.64. The quantitative estimate of drug-likeness (QED) is 0.577. The van der Waals surface area contributed by atoms with Crippen molar-refractivity contribution in [3.63, 3.8) is 0 Å². The Morgan fingerprint density at radius 2 is 1.77 bits per heavy atom. The molecule has 0 atom stereocenters. The Kier molecular flexibility index (Phi) is 5.65. The standard InChI is InChI=1S/C21H21N3O5S/c1-28-21(25)15-6-8-18(9-7-15)30(26,27)24-12-10-17(11-13-24)29-20-19-5-3-2-4-16(19)14-22-23-20/h2-9,14,17H,10-13H2,1H3. The van der Waals surface area contributed by atoms with Crippen LogP contribution >= 0.6 is 0 Å². The number of fused-ring (bicyclic) bond motifs is 1. The maximum atomic E-state index is 12.9. The second-order valence-corrected chi connectivity index (χ2v) is 8.91. The first kappa shape index (κ1) is 20.2. The molecule has 1 aliphatic rings. The monoisotopic (exact) mass is 427 g/mol. The number of aromatic nitrogens is 2. The van der Waals surface area contributed by atoms with E-state index in [0.717, 1.165) is 10.8 Å². The SMILES string of the molecule is COC(=O)c1ccc(S(=O)(=O)N2CCC(Oc3nncc4ccccc34)CC2)cc1. The van der Waals surface area contributed by atoms with Crippen molar-refractivity contribution in [3.8, 4) is 5.88 Å². The molecule has 1 saturated heterocycles. The molecule has 0 amide bonds. The summed E-state index contributed by atoms with van der Waals surface area (Å²) in [5.41, 5.74) is 0.305. The number of rotatable bonds is 5. The molecule has 0 radical (unpaired) electrons. The largest absolute Gasteiger partial charge is 0.473 e. The van der Waals surface area contributed by atoms with Crippen molar-refractivity contribution < 1.29 is 22.7 Å². The first-order valence-electron chi connectivity index (χ1n) is 9.54. The second-order valence-electron chi connectivity index (χ2n) is 6.97. The van der Waals surface area contributed by atoms with Crippen LogP contribution in [0.3, 0.4) is 0 Å². The number of methoxy groups -OCH3 is 1. The molecule has 0 aliphatic carbocycles. The number of hydrogen-bond acceptors (Lipinski definition) is 7. The fraction of sp³-hybridized carbons (Fsp3) is 0.286. The number of carbonyl (C=O) groups is 1. The molecule has 1 aliphatic heterocycles. The van der Waals surface area contributed by atoms with E-state index in [1.54, 1.807) is 6.20 Å². The zero-order valence-corrected chi connectivity index (χ0v) is 17.2. The predicted molar refractivity (Wildman–Crippen MR) is 110 cm³/mol. The fourth-order valence-electron chi connectivity index (χ4n) is 3.47. The van der Waals surface area contributed by atoms with Gasteiger partial charge >= 0.3 is 5.97 Å². The maximum Gasteiger partial charge on any atom is 0.337 e. The summed E-state index contributed by atoms with van der Waals surface area (Å²) >= 11 is 0. The van der Waals surface area contributed by atoms with E-state index in [0.29, 0.717) is 37.4 Å². The van der Waals surface area contributed by atoms with Crippen molar-refractivity contribution in [2.75, 3.05) is 20.2 Å². The molecule has 0 N–H and O–H groups in total. The van der Waals surface area contributed by atoms with Crippen molar-refractivity contribution in [3.05, 3.63) is 60.3 Å². The molecule has 156 valence electrons. The summed E-state index contributed by atoms with van der Waals surface area (Å²) < 4.78 is 38.0. The lowest BCUT2D eigenvalue weighted by molar-refractivity contribution is 0.0600. The number of piperidine rings is 1. The third-order valence-corrected chi connectivity index (χ3v) is 7.04. The number of ether oxygens (including phenoxy) is 2. The van der Waals surface area contributed by atoms with Crippen LogP contribution in [0, 0.1) is 0 Å². The number of carbonyl (C=O) groups excluding carboxylic acids is 1. The Morgan fingerprint density at radius 3 is 2.47 bits per heavy atom. The van der Waals surface area contributed by atoms with Gasteiger partial charge in [-0.2, -0.15) is 9.40 Å². The maximum absolute atomic E-state index is 12.9. The molecule has 8 nitrogen and oxygen atoms in total. The molecule has 1 aromatic heterocycles. The van der Waals surface area contributed by atoms with Crippen LogP contribution in [0.2, 0.25) is 0 Å². The minimum Gasteiger partial charge on any atom is -0.473 e. The molecule has 0 bridgehead atoms. The second kappa shape index (κ2) is 8.37. The summed E-state index contributed by atoms with van der Waals surface area (Å²) in [5.74, 6) is -0.0405. The molecule has 0 spiro atoms. The van der Waals surface area contributed by atoms with Gasteiger partial charge in [0.25, 0.3) is 0 Å². The van der Waals surface area contributed by atoms with E-state index in [1.807, 2.05) is 24.3 Å². The Labute approximate surface area is 174 Å². The molecule has 0 saturated carbocycles. The van der Waals surface area contributed by atoms with Gasteiger partial charge < -0.3 is 9.47 Å². The topological polar surface area (TPSA) is 98.7 Å². The summed E-state index contributed by atoms with van der Waals surface area (Å²) in [6.07, 6.45) is 2.63. The lowest BCUT2D eigenvalue weighted by Crippen LogP contribution is -2.41. The van der Waals surface area contributed by atoms with Gasteiger partial charge in [-0.15, -0.1) is 5.10 Å². The molecule has 2 aromatic carbocycles. The van der Waals surface area contributed by atoms with E-state index in [9.17, 15) is 13.2 Å². The number of esters is 1. The first-order chi connectivity index (χ1) is 14.5. The molecule has 30 heavy (non-hydrogen) atoms. The highest BCUT2D eigenvalue weighted by atomic mass is 32.2. The summed E-state index contributed by atoms with van der Waals surface area (Å²) in [7, 11) is -2.36. The number of hydrogen-bond donors (Lipinski definition) is 0. The summed E-state index contributed by atoms with van der Waals surface area (Å²) in [4.78, 5) is 11.7. The zero-order chi connectivity index (χ0) is 21.1. The third-order valence-electron chi connectivity index (χ3n) is 5.13. The molecular weight excluding hydrogens is 406 g/mol. The number of benzene rings is 2. The smallest absolute Gasteiger partial charge is 0.337 e. The van der Waals surface area contributed by atoms with Crippen LogP contribution in [0.1, 0.15) is 23.2 Å². The Morgan fingerprint density at radius 1 is 1.07 bits per heavy atom. The van der Waals surface area contributed by atoms with Gasteiger partial charge in [-0.05, 0) is 43.2 Å². The lowest BCUT2D eigenvalue weighted by Gasteiger charge is -2.31. The highest BCUT2D eigenvalue weighted by molar-refractivity contribution is 7.89. The molecule has 3 aromatic rings. The van der Waals surface area contributed by atoms with E-state index >= 15 is 0 Å². The highest BCUT2D eigenvalue weighted by Gasteiger charge is 2.30. The molecular formula is C21H21N3O5S. The van der Waals surface area contributed by atoms with Crippen LogP contribution in [0.15, 0.2) is 59.6 Å². The number of nitrogens with zero attached hydrogens (tertiary/aromatic N) is 3. The molecule has 0 unspecified atom stereocenters. The average molecular weight is 427 g/mol. The molecule has 2 heterocycles. The van der Waals surface area contributed by atoms with E-state index < -0.39 is 16.0 Å². The van der Waals surface area contributed by atoms with Gasteiger partial charge in [0.15, 0.2) is 0 Å². The van der Waals surface area contributed by atoms with E-state index in [2.05, 4.69) is 14.9 Å². The van der Waals surface area contributed by atoms with Gasteiger partial charge in [0.1, 0.15) is 6.10 Å². The van der Waals surface area contributed by atoms with Crippen LogP contribution in [0.4, 0.5) is 0 Å². The van der Waals surface area contributed by atoms with Gasteiger partial charge in [0.2, 0.25) is 15.9 Å². The normalized spacial score (nSPS) is 15.8. The Hall–Kier alpha value is -3.04. The van der Waals surface area contributed by atoms with Gasteiger partial charge in [-0.1, -0.05) is 18.2 Å². The van der Waals surface area contributed by atoms with Gasteiger partial charge in [-0.25, -0.2) is 13.2 Å². The van der Waals surface area contributed by atoms with E-state index in [1.165, 1.54) is 35.7 Å². The van der Waals surface area contributed by atoms with Crippen molar-refractivity contribution in [2.45, 2.75) is 23.8 Å². The number of sulfonamides is 1. The molecule has 9 heteroatoms. The van der Waals surface area contributed by atoms with Gasteiger partial charge in [0.05, 0.1) is 23.8 Å². The molecule has 4 rings (SSSR count). The van der Waals surface area contributed by atoms with Crippen LogP contribution in [-0.2, 0) is 14.8 Å². The summed E-state index contributed by atoms with van der Waals surface area (Å²) in [5, 5.41) is 9.91. The van der Waals surface area contributed by atoms with Crippen molar-refractivity contribution in [1.29, 1.82) is 0 Å². The lowest BCUT2D eigenvalue weighted by atomic mass is 10.1. The summed E-state index contributed by atoms with van der Waals surface area (Å²) in [6.45, 7) is 0.674. The fourth-order valence-corrected chi connectivity index (χ4v) is 4.94. The van der Waals surface area contributed by atoms with E-state index in [4.69, 9.17) is 4.74 Å². The van der Waals surface area contributed by atoms with Crippen LogP contribution in [0.5, 0.6) is 5.88 Å². The predicted octanol–water partition coefficient (Wildman–Crippen LogP) is 2.65. The van der Waals surface area contributed by atoms with Crippen molar-refractivity contribution >= 4 is 26.8 Å². The minimum absolute atomic E-state index is 0.141. The van der Waals surface area contributed by atoms with Crippen molar-refractivity contribution in [2.24, 2.45) is 0 Å². The third kappa shape index (κ3) is 3.99. The highest BCUT2D eigenvalue weighted by Crippen LogP contribution is 2.27. The van der Waals surface area contributed by atoms with E-state index in [-0.39, 0.29) is 11.0 Å². The first-order valence-corrected chi connectivity index (χ1v) is 11.0. The van der Waals surface area contributed by atoms with Crippen LogP contribution in [-0.4, -0.2) is 55.2 Å². The Balaban J connectivity index is 1.43. The zero-order valence-electron chi connectivity index (χ0n) is 16.4. The summed E-state index contributed by atoms with van der Waals surface area (Å²) in [6, 6.07) is 13.5. The van der Waals surface area contributed by atoms with Crippen LogP contribution < -0.4 is 4.74 Å².